The molecule has 8 heteroatoms. The zero-order valence-electron chi connectivity index (χ0n) is 10.2. The number of piperazine rings is 1. The van der Waals surface area contributed by atoms with Crippen molar-refractivity contribution in [1.29, 1.82) is 0 Å². The molecule has 0 saturated carbocycles. The lowest BCUT2D eigenvalue weighted by atomic mass is 10.3. The fourth-order valence-electron chi connectivity index (χ4n) is 2.07. The SMILES string of the molecule is C[C@H]1CNCCN1S(=O)(=O)c1c(Cl)cc(F)cc1Br. The van der Waals surface area contributed by atoms with Crippen LogP contribution < -0.4 is 5.32 Å². The van der Waals surface area contributed by atoms with Gasteiger partial charge < -0.3 is 5.32 Å². The number of nitrogens with zero attached hydrogens (tertiary/aromatic N) is 1. The van der Waals surface area contributed by atoms with Crippen molar-refractivity contribution in [3.63, 3.8) is 0 Å². The van der Waals surface area contributed by atoms with E-state index in [1.165, 1.54) is 4.31 Å². The van der Waals surface area contributed by atoms with Gasteiger partial charge in [-0.15, -0.1) is 0 Å². The summed E-state index contributed by atoms with van der Waals surface area (Å²) in [6.07, 6.45) is 0. The highest BCUT2D eigenvalue weighted by Crippen LogP contribution is 2.33. The van der Waals surface area contributed by atoms with Crippen LogP contribution in [0.1, 0.15) is 6.92 Å². The molecule has 0 unspecified atom stereocenters. The molecule has 1 saturated heterocycles. The van der Waals surface area contributed by atoms with E-state index < -0.39 is 15.8 Å². The quantitative estimate of drug-likeness (QED) is 0.867. The van der Waals surface area contributed by atoms with E-state index in [9.17, 15) is 12.8 Å². The van der Waals surface area contributed by atoms with E-state index in [2.05, 4.69) is 21.2 Å². The molecule has 106 valence electrons. The van der Waals surface area contributed by atoms with Crippen LogP contribution in [0.25, 0.3) is 0 Å². The van der Waals surface area contributed by atoms with Gasteiger partial charge >= 0.3 is 0 Å². The fourth-order valence-corrected chi connectivity index (χ4v) is 5.46. The van der Waals surface area contributed by atoms with Crippen molar-refractivity contribution in [3.05, 3.63) is 27.4 Å². The molecule has 2 rings (SSSR count). The van der Waals surface area contributed by atoms with E-state index in [0.717, 1.165) is 12.1 Å². The van der Waals surface area contributed by atoms with Crippen LogP contribution in [-0.4, -0.2) is 38.4 Å². The maximum atomic E-state index is 13.2. The maximum Gasteiger partial charge on any atom is 0.246 e. The molecule has 1 aliphatic rings. The Balaban J connectivity index is 2.50. The lowest BCUT2D eigenvalue weighted by Gasteiger charge is -2.33. The lowest BCUT2D eigenvalue weighted by molar-refractivity contribution is 0.283. The Labute approximate surface area is 125 Å². The molecule has 0 radical (unpaired) electrons. The minimum Gasteiger partial charge on any atom is -0.314 e. The van der Waals surface area contributed by atoms with Crippen LogP contribution in [0, 0.1) is 5.82 Å². The van der Waals surface area contributed by atoms with Crippen molar-refractivity contribution in [3.8, 4) is 0 Å². The molecule has 0 amide bonds. The first kappa shape index (κ1) is 15.2. The predicted molar refractivity (Wildman–Crippen MR) is 75.3 cm³/mol. The van der Waals surface area contributed by atoms with Crippen molar-refractivity contribution in [2.24, 2.45) is 0 Å². The molecule has 1 N–H and O–H groups in total. The largest absolute Gasteiger partial charge is 0.314 e. The molecule has 19 heavy (non-hydrogen) atoms. The molecular formula is C11H13BrClFN2O2S. The summed E-state index contributed by atoms with van der Waals surface area (Å²) >= 11 is 8.97. The van der Waals surface area contributed by atoms with E-state index in [0.29, 0.717) is 19.6 Å². The third kappa shape index (κ3) is 2.95. The average Bonchev–Trinajstić information content (AvgIpc) is 2.27. The molecule has 1 aromatic carbocycles. The highest BCUT2D eigenvalue weighted by Gasteiger charge is 2.34. The average molecular weight is 372 g/mol. The van der Waals surface area contributed by atoms with Crippen LogP contribution in [0.2, 0.25) is 5.02 Å². The van der Waals surface area contributed by atoms with Crippen LogP contribution >= 0.6 is 27.5 Å². The first-order valence-corrected chi connectivity index (χ1v) is 8.32. The van der Waals surface area contributed by atoms with E-state index in [-0.39, 0.29) is 20.4 Å². The summed E-state index contributed by atoms with van der Waals surface area (Å²) in [5.74, 6) is -0.579. The van der Waals surface area contributed by atoms with Crippen LogP contribution in [0.4, 0.5) is 4.39 Å². The molecule has 4 nitrogen and oxygen atoms in total. The molecule has 0 aliphatic carbocycles. The number of benzene rings is 1. The van der Waals surface area contributed by atoms with Gasteiger partial charge in [-0.05, 0) is 35.0 Å². The third-order valence-electron chi connectivity index (χ3n) is 2.97. The predicted octanol–water partition coefficient (Wildman–Crippen LogP) is 2.22. The number of rotatable bonds is 2. The van der Waals surface area contributed by atoms with Gasteiger partial charge in [0.05, 0.1) is 5.02 Å². The monoisotopic (exact) mass is 370 g/mol. The highest BCUT2D eigenvalue weighted by molar-refractivity contribution is 9.10. The second-order valence-corrected chi connectivity index (χ2v) is 7.46. The van der Waals surface area contributed by atoms with Crippen molar-refractivity contribution >= 4 is 37.6 Å². The number of hydrogen-bond donors (Lipinski definition) is 1. The first-order valence-electron chi connectivity index (χ1n) is 5.71. The summed E-state index contributed by atoms with van der Waals surface area (Å²) in [7, 11) is -3.74. The van der Waals surface area contributed by atoms with Crippen molar-refractivity contribution in [2.75, 3.05) is 19.6 Å². The summed E-state index contributed by atoms with van der Waals surface area (Å²) in [5.41, 5.74) is 0. The van der Waals surface area contributed by atoms with Crippen molar-refractivity contribution < 1.29 is 12.8 Å². The Morgan fingerprint density at radius 2 is 2.21 bits per heavy atom. The zero-order chi connectivity index (χ0) is 14.2. The van der Waals surface area contributed by atoms with Gasteiger partial charge in [0.15, 0.2) is 0 Å². The van der Waals surface area contributed by atoms with Gasteiger partial charge in [0.1, 0.15) is 10.7 Å². The fraction of sp³-hybridized carbons (Fsp3) is 0.455. The molecule has 1 atom stereocenters. The van der Waals surface area contributed by atoms with Gasteiger partial charge in [-0.25, -0.2) is 12.8 Å². The Kier molecular flexibility index (Phi) is 4.52. The van der Waals surface area contributed by atoms with Crippen LogP contribution in [-0.2, 0) is 10.0 Å². The van der Waals surface area contributed by atoms with E-state index in [1.807, 2.05) is 6.92 Å². The molecule has 1 heterocycles. The Morgan fingerprint density at radius 3 is 2.79 bits per heavy atom. The van der Waals surface area contributed by atoms with Gasteiger partial charge in [-0.1, -0.05) is 11.6 Å². The minimum atomic E-state index is -3.74. The summed E-state index contributed by atoms with van der Waals surface area (Å²) < 4.78 is 39.9. The second-order valence-electron chi connectivity index (χ2n) is 4.37. The summed E-state index contributed by atoms with van der Waals surface area (Å²) in [5, 5.41) is 3.00. The normalized spacial score (nSPS) is 21.6. The van der Waals surface area contributed by atoms with Crippen LogP contribution in [0.3, 0.4) is 0 Å². The van der Waals surface area contributed by atoms with Crippen LogP contribution in [0.5, 0.6) is 0 Å². The first-order chi connectivity index (χ1) is 8.84. The number of sulfonamides is 1. The standard InChI is InChI=1S/C11H13BrClFN2O2S/c1-7-6-15-2-3-16(7)19(17,18)11-9(12)4-8(14)5-10(11)13/h4-5,7,15H,2-3,6H2,1H3/t7-/m0/s1. The van der Waals surface area contributed by atoms with Gasteiger partial charge in [-0.2, -0.15) is 4.31 Å². The van der Waals surface area contributed by atoms with Gasteiger partial charge in [0, 0.05) is 30.1 Å². The molecule has 0 bridgehead atoms. The van der Waals surface area contributed by atoms with E-state index >= 15 is 0 Å². The second kappa shape index (κ2) is 5.65. The van der Waals surface area contributed by atoms with Gasteiger partial charge in [-0.3, -0.25) is 0 Å². The minimum absolute atomic E-state index is 0.0793. The summed E-state index contributed by atoms with van der Waals surface area (Å²) in [6.45, 7) is 3.34. The van der Waals surface area contributed by atoms with Gasteiger partial charge in [0.2, 0.25) is 10.0 Å². The van der Waals surface area contributed by atoms with Gasteiger partial charge in [0.25, 0.3) is 0 Å². The Bertz CT molecular complexity index is 573. The van der Waals surface area contributed by atoms with Crippen molar-refractivity contribution in [1.82, 2.24) is 9.62 Å². The van der Waals surface area contributed by atoms with E-state index in [1.54, 1.807) is 0 Å². The van der Waals surface area contributed by atoms with Crippen molar-refractivity contribution in [2.45, 2.75) is 17.9 Å². The summed E-state index contributed by atoms with van der Waals surface area (Å²) in [4.78, 5) is -0.0793. The molecule has 1 aliphatic heterocycles. The third-order valence-corrected chi connectivity index (χ3v) is 6.38. The lowest BCUT2D eigenvalue weighted by Crippen LogP contribution is -2.52. The molecule has 0 aromatic heterocycles. The maximum absolute atomic E-state index is 13.2. The Hall–Kier alpha value is -0.210. The smallest absolute Gasteiger partial charge is 0.246 e. The van der Waals surface area contributed by atoms with Crippen LogP contribution in [0.15, 0.2) is 21.5 Å². The Morgan fingerprint density at radius 1 is 1.53 bits per heavy atom. The molecule has 1 fully saturated rings. The number of nitrogens with one attached hydrogen (secondary N) is 1. The molecular weight excluding hydrogens is 359 g/mol. The zero-order valence-corrected chi connectivity index (χ0v) is 13.3. The number of hydrogen-bond acceptors (Lipinski definition) is 3. The summed E-state index contributed by atoms with van der Waals surface area (Å²) in [6, 6.07) is 1.93. The topological polar surface area (TPSA) is 49.4 Å². The van der Waals surface area contributed by atoms with E-state index in [4.69, 9.17) is 11.6 Å². The molecule has 0 spiro atoms. The highest BCUT2D eigenvalue weighted by atomic mass is 79.9. The number of halogens is 3. The molecule has 1 aromatic rings.